The second-order valence-corrected chi connectivity index (χ2v) is 7.35. The maximum Gasteiger partial charge on any atom is 0.329 e. The summed E-state index contributed by atoms with van der Waals surface area (Å²) in [6.45, 7) is 2.28. The van der Waals surface area contributed by atoms with Crippen LogP contribution in [0.2, 0.25) is 0 Å². The first-order chi connectivity index (χ1) is 13.1. The van der Waals surface area contributed by atoms with Crippen molar-refractivity contribution in [3.63, 3.8) is 0 Å². The normalized spacial score (nSPS) is 19.6. The molecular weight excluding hydrogens is 340 g/mol. The molecule has 1 aliphatic rings. The summed E-state index contributed by atoms with van der Waals surface area (Å²) in [6.07, 6.45) is 5.56. The fraction of sp³-hybridized carbons (Fsp3) is 0.435. The van der Waals surface area contributed by atoms with Gasteiger partial charge >= 0.3 is 5.97 Å². The Morgan fingerprint density at radius 1 is 1.07 bits per heavy atom. The monoisotopic (exact) mass is 368 g/mol. The molecule has 0 amide bonds. The molecule has 4 nitrogen and oxygen atoms in total. The van der Waals surface area contributed by atoms with Gasteiger partial charge in [-0.3, -0.25) is 0 Å². The van der Waals surface area contributed by atoms with E-state index in [-0.39, 0.29) is 12.7 Å². The molecule has 0 aromatic heterocycles. The minimum atomic E-state index is -0.926. The molecule has 2 aromatic rings. The number of aryl methyl sites for hydroxylation is 1. The average molecular weight is 368 g/mol. The summed E-state index contributed by atoms with van der Waals surface area (Å²) in [4.78, 5) is 10.5. The number of carbonyl (C=O) groups is 1. The van der Waals surface area contributed by atoms with Crippen LogP contribution >= 0.6 is 0 Å². The second kappa shape index (κ2) is 9.56. The number of benzene rings is 2. The lowest BCUT2D eigenvalue weighted by Gasteiger charge is -2.30. The van der Waals surface area contributed by atoms with Crippen LogP contribution in [0.3, 0.4) is 0 Å². The van der Waals surface area contributed by atoms with Gasteiger partial charge in [0.15, 0.2) is 0 Å². The molecular formula is C23H28O4. The molecule has 0 bridgehead atoms. The third kappa shape index (κ3) is 6.10. The van der Waals surface area contributed by atoms with Gasteiger partial charge in [-0.25, -0.2) is 4.79 Å². The van der Waals surface area contributed by atoms with Gasteiger partial charge in [-0.05, 0) is 68.2 Å². The molecule has 0 spiro atoms. The van der Waals surface area contributed by atoms with E-state index >= 15 is 0 Å². The number of carboxylic acids is 1. The van der Waals surface area contributed by atoms with Crippen LogP contribution in [0.4, 0.5) is 0 Å². The molecule has 3 rings (SSSR count). The summed E-state index contributed by atoms with van der Waals surface area (Å²) in [6, 6.07) is 17.0. The number of carboxylic acid groups (broad SMARTS) is 1. The topological polar surface area (TPSA) is 55.8 Å². The first-order valence-corrected chi connectivity index (χ1v) is 9.72. The predicted octanol–water partition coefficient (Wildman–Crippen LogP) is 4.74. The smallest absolute Gasteiger partial charge is 0.329 e. The summed E-state index contributed by atoms with van der Waals surface area (Å²) in [7, 11) is 0. The highest BCUT2D eigenvalue weighted by molar-refractivity contribution is 5.67. The maximum atomic E-state index is 10.5. The minimum absolute atomic E-state index is 0.234. The summed E-state index contributed by atoms with van der Waals surface area (Å²) in [5.74, 6) is 0.569. The highest BCUT2D eigenvalue weighted by Gasteiger charge is 2.24. The summed E-state index contributed by atoms with van der Waals surface area (Å²) < 4.78 is 11.3. The molecule has 1 N–H and O–H groups in total. The lowest BCUT2D eigenvalue weighted by molar-refractivity contribution is -0.142. The largest absolute Gasteiger partial charge is 0.490 e. The molecule has 2 unspecified atom stereocenters. The average Bonchev–Trinajstić information content (AvgIpc) is 2.68. The Hall–Kier alpha value is -2.33. The maximum absolute atomic E-state index is 10.5. The van der Waals surface area contributed by atoms with E-state index in [9.17, 15) is 4.79 Å². The Balaban J connectivity index is 1.51. The molecule has 0 saturated heterocycles. The van der Waals surface area contributed by atoms with Crippen LogP contribution in [0, 0.1) is 6.92 Å². The third-order valence-electron chi connectivity index (χ3n) is 5.16. The number of ether oxygens (including phenoxy) is 2. The van der Waals surface area contributed by atoms with Crippen molar-refractivity contribution in [2.75, 3.05) is 13.2 Å². The number of aliphatic carboxylic acids is 1. The first kappa shape index (κ1) is 19.4. The highest BCUT2D eigenvalue weighted by Crippen LogP contribution is 2.35. The van der Waals surface area contributed by atoms with E-state index in [1.165, 1.54) is 29.5 Å². The Morgan fingerprint density at radius 3 is 2.52 bits per heavy atom. The molecule has 2 atom stereocenters. The predicted molar refractivity (Wildman–Crippen MR) is 105 cm³/mol. The third-order valence-corrected chi connectivity index (χ3v) is 5.16. The lowest BCUT2D eigenvalue weighted by atomic mass is 9.82. The summed E-state index contributed by atoms with van der Waals surface area (Å²) in [5, 5.41) is 8.58. The zero-order chi connectivity index (χ0) is 19.1. The van der Waals surface area contributed by atoms with E-state index in [1.807, 2.05) is 0 Å². The van der Waals surface area contributed by atoms with Gasteiger partial charge in [0.05, 0.1) is 12.7 Å². The quantitative estimate of drug-likeness (QED) is 0.684. The van der Waals surface area contributed by atoms with Crippen LogP contribution in [0.5, 0.6) is 5.75 Å². The molecule has 0 heterocycles. The van der Waals surface area contributed by atoms with Gasteiger partial charge in [0.25, 0.3) is 0 Å². The van der Waals surface area contributed by atoms with E-state index in [4.69, 9.17) is 14.6 Å². The van der Waals surface area contributed by atoms with Gasteiger partial charge in [-0.1, -0.05) is 42.0 Å². The standard InChI is InChI=1S/C23H28O4/c1-17-5-11-21(12-6-17)27-22-4-2-3-20(15-22)19-9-7-18(8-10-19)13-14-26-16-23(24)25/h5-12,20,22H,2-4,13-16H2,1H3,(H,24,25). The van der Waals surface area contributed by atoms with Crippen LogP contribution in [-0.4, -0.2) is 30.4 Å². The van der Waals surface area contributed by atoms with Gasteiger partial charge in [-0.2, -0.15) is 0 Å². The second-order valence-electron chi connectivity index (χ2n) is 7.35. The van der Waals surface area contributed by atoms with E-state index in [2.05, 4.69) is 55.5 Å². The van der Waals surface area contributed by atoms with Crippen molar-refractivity contribution < 1.29 is 19.4 Å². The van der Waals surface area contributed by atoms with Crippen molar-refractivity contribution in [2.45, 2.75) is 51.0 Å². The molecule has 0 radical (unpaired) electrons. The Kier molecular flexibility index (Phi) is 6.88. The first-order valence-electron chi connectivity index (χ1n) is 9.72. The Labute approximate surface area is 161 Å². The van der Waals surface area contributed by atoms with Gasteiger partial charge in [0, 0.05) is 0 Å². The fourth-order valence-corrected chi connectivity index (χ4v) is 3.67. The van der Waals surface area contributed by atoms with E-state index < -0.39 is 5.97 Å². The molecule has 1 saturated carbocycles. The van der Waals surface area contributed by atoms with Crippen LogP contribution in [0.25, 0.3) is 0 Å². The van der Waals surface area contributed by atoms with Crippen molar-refractivity contribution in [1.82, 2.24) is 0 Å². The number of hydrogen-bond donors (Lipinski definition) is 1. The van der Waals surface area contributed by atoms with Gasteiger partial charge in [-0.15, -0.1) is 0 Å². The van der Waals surface area contributed by atoms with Crippen molar-refractivity contribution in [3.8, 4) is 5.75 Å². The number of hydrogen-bond acceptors (Lipinski definition) is 3. The Bertz CT molecular complexity index is 721. The highest BCUT2D eigenvalue weighted by atomic mass is 16.5. The zero-order valence-electron chi connectivity index (χ0n) is 15.9. The van der Waals surface area contributed by atoms with Gasteiger partial charge < -0.3 is 14.6 Å². The fourth-order valence-electron chi connectivity index (χ4n) is 3.67. The van der Waals surface area contributed by atoms with Crippen molar-refractivity contribution in [2.24, 2.45) is 0 Å². The molecule has 4 heteroatoms. The SMILES string of the molecule is Cc1ccc(OC2CCCC(c3ccc(CCOCC(=O)O)cc3)C2)cc1. The molecule has 27 heavy (non-hydrogen) atoms. The molecule has 1 aliphatic carbocycles. The van der Waals surface area contributed by atoms with Gasteiger partial charge in [0.2, 0.25) is 0 Å². The van der Waals surface area contributed by atoms with E-state index in [0.717, 1.165) is 25.0 Å². The van der Waals surface area contributed by atoms with Gasteiger partial charge in [0.1, 0.15) is 12.4 Å². The molecule has 0 aliphatic heterocycles. The van der Waals surface area contributed by atoms with Crippen molar-refractivity contribution in [1.29, 1.82) is 0 Å². The van der Waals surface area contributed by atoms with Crippen LogP contribution in [-0.2, 0) is 16.0 Å². The Morgan fingerprint density at radius 2 is 1.81 bits per heavy atom. The lowest BCUT2D eigenvalue weighted by Crippen LogP contribution is -2.24. The van der Waals surface area contributed by atoms with Crippen molar-refractivity contribution in [3.05, 3.63) is 65.2 Å². The van der Waals surface area contributed by atoms with E-state index in [1.54, 1.807) is 0 Å². The summed E-state index contributed by atoms with van der Waals surface area (Å²) in [5.41, 5.74) is 3.78. The molecule has 144 valence electrons. The summed E-state index contributed by atoms with van der Waals surface area (Å²) >= 11 is 0. The minimum Gasteiger partial charge on any atom is -0.490 e. The molecule has 2 aromatic carbocycles. The van der Waals surface area contributed by atoms with Crippen LogP contribution in [0.15, 0.2) is 48.5 Å². The van der Waals surface area contributed by atoms with Crippen molar-refractivity contribution >= 4 is 5.97 Å². The van der Waals surface area contributed by atoms with Crippen LogP contribution in [0.1, 0.15) is 48.3 Å². The molecule has 1 fully saturated rings. The van der Waals surface area contributed by atoms with Crippen LogP contribution < -0.4 is 4.74 Å². The zero-order valence-corrected chi connectivity index (χ0v) is 15.9. The van der Waals surface area contributed by atoms with E-state index in [0.29, 0.717) is 12.5 Å². The number of rotatable bonds is 8.